The molecule has 277 valence electrons. The predicted molar refractivity (Wildman–Crippen MR) is 227 cm³/mol. The minimum absolute atomic E-state index is 0. The molecule has 0 fully saturated rings. The van der Waals surface area contributed by atoms with E-state index in [4.69, 9.17) is 10.8 Å². The standard InChI is InChI=1S/C31H23N2O.C18H22GeN.Ir/c1-20(2)23-15-16-32-26(17-23)24-13-14-25-28(18-24)34-29-19-27(21-9-5-3-6-10-21)33-31(30(25)29)22-11-7-4-8-12-22;1-19(2,3)17-10-11-18(20-13-17)16-9-8-14-6-4-5-7-15(14)12-16;/h3-17,19-20H,1-2H3;8-11,13H,4-7H2,1-3H3;/q2*-1;/i20D;;. The minimum Gasteiger partial charge on any atom is 0 e. The van der Waals surface area contributed by atoms with E-state index in [0.29, 0.717) is 5.58 Å². The van der Waals surface area contributed by atoms with Gasteiger partial charge in [-0.15, -0.1) is 17.7 Å². The Hall–Kier alpha value is -4.68. The number of hydrogen-bond donors (Lipinski definition) is 0. The molecule has 4 nitrogen and oxygen atoms in total. The van der Waals surface area contributed by atoms with Gasteiger partial charge in [-0.25, -0.2) is 4.98 Å². The second-order valence-corrected chi connectivity index (χ2v) is 26.0. The van der Waals surface area contributed by atoms with Crippen molar-refractivity contribution in [1.29, 1.82) is 0 Å². The van der Waals surface area contributed by atoms with E-state index >= 15 is 0 Å². The van der Waals surface area contributed by atoms with Crippen LogP contribution in [0.2, 0.25) is 17.3 Å². The van der Waals surface area contributed by atoms with Crippen LogP contribution >= 0.6 is 0 Å². The second-order valence-electron chi connectivity index (χ2n) is 15.4. The van der Waals surface area contributed by atoms with E-state index in [1.807, 2.05) is 74.5 Å². The van der Waals surface area contributed by atoms with E-state index in [2.05, 4.69) is 100 Å². The molecule has 4 heterocycles. The van der Waals surface area contributed by atoms with Gasteiger partial charge in [-0.2, -0.15) is 0 Å². The van der Waals surface area contributed by atoms with Gasteiger partial charge in [-0.05, 0) is 17.7 Å². The average molecular weight is 958 g/mol. The van der Waals surface area contributed by atoms with E-state index in [0.717, 1.165) is 66.9 Å². The summed E-state index contributed by atoms with van der Waals surface area (Å²) in [6.07, 6.45) is 8.86. The zero-order chi connectivity index (χ0) is 38.2. The summed E-state index contributed by atoms with van der Waals surface area (Å²) in [5.74, 6) is 6.51. The van der Waals surface area contributed by atoms with Crippen LogP contribution < -0.4 is 4.40 Å². The van der Waals surface area contributed by atoms with Crippen molar-refractivity contribution in [3.63, 3.8) is 0 Å². The van der Waals surface area contributed by atoms with Gasteiger partial charge < -0.3 is 9.40 Å². The maximum absolute atomic E-state index is 8.37. The van der Waals surface area contributed by atoms with Crippen LogP contribution in [0, 0.1) is 12.1 Å². The molecule has 4 aromatic heterocycles. The fourth-order valence-corrected chi connectivity index (χ4v) is 9.29. The molecule has 0 aliphatic heterocycles. The Labute approximate surface area is 342 Å². The zero-order valence-electron chi connectivity index (χ0n) is 33.0. The summed E-state index contributed by atoms with van der Waals surface area (Å²) in [6.45, 7) is 3.75. The second kappa shape index (κ2) is 16.6. The van der Waals surface area contributed by atoms with Crippen LogP contribution in [0.3, 0.4) is 0 Å². The fourth-order valence-electron chi connectivity index (χ4n) is 7.11. The van der Waals surface area contributed by atoms with Gasteiger partial charge in [-0.1, -0.05) is 97.6 Å². The van der Waals surface area contributed by atoms with Crippen LogP contribution in [0.5, 0.6) is 0 Å². The molecule has 1 aliphatic carbocycles. The molecule has 0 atom stereocenters. The number of hydrogen-bond acceptors (Lipinski definition) is 4. The maximum atomic E-state index is 8.37. The zero-order valence-corrected chi connectivity index (χ0v) is 36.5. The Bertz CT molecular complexity index is 2610. The smallest absolute Gasteiger partial charge is 0 e. The Balaban J connectivity index is 0.000000195. The van der Waals surface area contributed by atoms with Crippen LogP contribution in [0.15, 0.2) is 132 Å². The molecule has 55 heavy (non-hydrogen) atoms. The summed E-state index contributed by atoms with van der Waals surface area (Å²) in [7, 11) is 0. The number of furan rings is 1. The van der Waals surface area contributed by atoms with Gasteiger partial charge in [0.2, 0.25) is 0 Å². The summed E-state index contributed by atoms with van der Waals surface area (Å²) in [5.41, 5.74) is 12.9. The monoisotopic (exact) mass is 959 g/mol. The van der Waals surface area contributed by atoms with Crippen molar-refractivity contribution in [3.05, 3.63) is 156 Å². The first-order chi connectivity index (χ1) is 26.5. The number of fused-ring (bicyclic) bond motifs is 4. The van der Waals surface area contributed by atoms with Crippen LogP contribution in [-0.2, 0) is 32.9 Å². The summed E-state index contributed by atoms with van der Waals surface area (Å²) in [4.78, 5) is 14.3. The molecule has 0 amide bonds. The third-order valence-corrected chi connectivity index (χ3v) is 14.5. The normalized spacial score (nSPS) is 13.0. The quantitative estimate of drug-likeness (QED) is 0.123. The minimum atomic E-state index is -1.75. The van der Waals surface area contributed by atoms with Gasteiger partial charge in [-0.3, -0.25) is 0 Å². The van der Waals surface area contributed by atoms with Gasteiger partial charge in [0, 0.05) is 50.3 Å². The van der Waals surface area contributed by atoms with E-state index < -0.39 is 19.2 Å². The van der Waals surface area contributed by atoms with Gasteiger partial charge in [0.15, 0.2) is 0 Å². The van der Waals surface area contributed by atoms with E-state index in [9.17, 15) is 0 Å². The Morgan fingerprint density at radius 2 is 1.42 bits per heavy atom. The number of nitrogens with zero attached hydrogens (tertiary/aromatic N) is 3. The molecular formula is C49H45GeIrN3O-2. The van der Waals surface area contributed by atoms with Crippen molar-refractivity contribution in [2.24, 2.45) is 0 Å². The fraction of sp³-hybridized carbons (Fsp3) is 0.204. The summed E-state index contributed by atoms with van der Waals surface area (Å²) >= 11 is -1.75. The van der Waals surface area contributed by atoms with Crippen LogP contribution in [0.1, 0.15) is 50.6 Å². The number of aromatic nitrogens is 3. The van der Waals surface area contributed by atoms with Crippen LogP contribution in [0.4, 0.5) is 0 Å². The van der Waals surface area contributed by atoms with E-state index in [-0.39, 0.29) is 20.1 Å². The molecule has 6 heteroatoms. The van der Waals surface area contributed by atoms with Crippen molar-refractivity contribution in [1.82, 2.24) is 15.0 Å². The number of aryl methyl sites for hydroxylation is 2. The van der Waals surface area contributed by atoms with E-state index in [1.54, 1.807) is 6.20 Å². The van der Waals surface area contributed by atoms with Gasteiger partial charge >= 0.3 is 125 Å². The van der Waals surface area contributed by atoms with Crippen molar-refractivity contribution < 1.29 is 25.9 Å². The van der Waals surface area contributed by atoms with Crippen molar-refractivity contribution in [2.45, 2.75) is 62.7 Å². The van der Waals surface area contributed by atoms with Gasteiger partial charge in [0.25, 0.3) is 0 Å². The summed E-state index contributed by atoms with van der Waals surface area (Å²) in [6, 6.07) is 46.2. The summed E-state index contributed by atoms with van der Waals surface area (Å²) < 4.78 is 16.2. The largest absolute Gasteiger partial charge is 0 e. The Morgan fingerprint density at radius 1 is 0.709 bits per heavy atom. The first-order valence-corrected chi connectivity index (χ1v) is 26.2. The number of benzene rings is 4. The molecular weight excluding hydrogens is 911 g/mol. The Kier molecular flexibility index (Phi) is 11.2. The Morgan fingerprint density at radius 3 is 2.13 bits per heavy atom. The molecule has 0 saturated carbocycles. The molecule has 0 bridgehead atoms. The number of pyridine rings is 3. The first-order valence-electron chi connectivity index (χ1n) is 19.4. The first kappa shape index (κ1) is 37.3. The third kappa shape index (κ3) is 8.45. The summed E-state index contributed by atoms with van der Waals surface area (Å²) in [5, 5.41) is 1.94. The molecule has 4 aromatic carbocycles. The van der Waals surface area contributed by atoms with Crippen LogP contribution in [0.25, 0.3) is 67.0 Å². The van der Waals surface area contributed by atoms with Crippen LogP contribution in [-0.4, -0.2) is 28.2 Å². The predicted octanol–water partition coefficient (Wildman–Crippen LogP) is 12.3. The third-order valence-electron chi connectivity index (χ3n) is 10.3. The van der Waals surface area contributed by atoms with Crippen molar-refractivity contribution in [2.75, 3.05) is 0 Å². The molecule has 0 N–H and O–H groups in total. The molecule has 0 unspecified atom stereocenters. The van der Waals surface area contributed by atoms with Gasteiger partial charge in [0.1, 0.15) is 5.58 Å². The molecule has 1 radical (unpaired) electrons. The number of rotatable bonds is 6. The van der Waals surface area contributed by atoms with Crippen molar-refractivity contribution in [3.8, 4) is 45.0 Å². The molecule has 8 aromatic rings. The van der Waals surface area contributed by atoms with Gasteiger partial charge in [0.05, 0.1) is 17.0 Å². The maximum Gasteiger partial charge on any atom is 0 e. The average Bonchev–Trinajstić information content (AvgIpc) is 3.58. The molecule has 0 saturated heterocycles. The molecule has 1 aliphatic rings. The molecule has 9 rings (SSSR count). The topological polar surface area (TPSA) is 51.8 Å². The molecule has 0 spiro atoms. The van der Waals surface area contributed by atoms with E-state index in [1.165, 1.54) is 41.2 Å². The SMILES string of the molecule is [2H]C(C)(C)c1ccnc(-c2[c-]c3oc4cc(-c5ccccc5)nc(-c5ccccc5)c4c3cc2)c1.[CH3][Ge]([CH3])([CH3])[c]1ccc(-c2[c-]c3c(cc2)CCCC3)nc1.[Ir]. The van der Waals surface area contributed by atoms with Crippen molar-refractivity contribution >= 4 is 39.6 Å².